The van der Waals surface area contributed by atoms with Crippen molar-refractivity contribution < 1.29 is 4.74 Å². The number of ether oxygens (including phenoxy) is 1. The number of hydrogen-bond acceptors (Lipinski definition) is 4. The van der Waals surface area contributed by atoms with E-state index in [1.807, 2.05) is 0 Å². The van der Waals surface area contributed by atoms with Crippen LogP contribution in [0.5, 0.6) is 0 Å². The lowest BCUT2D eigenvalue weighted by molar-refractivity contribution is 0.0344. The number of anilines is 1. The van der Waals surface area contributed by atoms with Crippen molar-refractivity contribution >= 4 is 26.7 Å². The summed E-state index contributed by atoms with van der Waals surface area (Å²) in [7, 11) is 1.73. The van der Waals surface area contributed by atoms with Crippen LogP contribution in [0.15, 0.2) is 18.2 Å². The molecule has 0 aliphatic heterocycles. The van der Waals surface area contributed by atoms with Gasteiger partial charge in [0.15, 0.2) is 5.13 Å². The van der Waals surface area contributed by atoms with Gasteiger partial charge in [-0.25, -0.2) is 4.98 Å². The van der Waals surface area contributed by atoms with Crippen LogP contribution in [0, 0.1) is 6.92 Å². The van der Waals surface area contributed by atoms with E-state index in [-0.39, 0.29) is 5.60 Å². The van der Waals surface area contributed by atoms with E-state index in [9.17, 15) is 0 Å². The molecule has 2 aromatic rings. The zero-order chi connectivity index (χ0) is 12.5. The number of benzene rings is 1. The maximum absolute atomic E-state index is 5.37. The summed E-state index contributed by atoms with van der Waals surface area (Å²) < 4.78 is 6.59. The van der Waals surface area contributed by atoms with Crippen LogP contribution in [-0.2, 0) is 4.74 Å². The first-order valence-electron chi connectivity index (χ1n) is 5.66. The van der Waals surface area contributed by atoms with Gasteiger partial charge in [-0.1, -0.05) is 17.4 Å². The van der Waals surface area contributed by atoms with Crippen molar-refractivity contribution in [2.75, 3.05) is 19.0 Å². The average molecular weight is 250 g/mol. The Kier molecular flexibility index (Phi) is 3.35. The zero-order valence-corrected chi connectivity index (χ0v) is 11.5. The zero-order valence-electron chi connectivity index (χ0n) is 10.7. The summed E-state index contributed by atoms with van der Waals surface area (Å²) in [4.78, 5) is 4.54. The number of methoxy groups -OCH3 is 1. The highest BCUT2D eigenvalue weighted by Gasteiger charge is 2.16. The number of aromatic nitrogens is 1. The van der Waals surface area contributed by atoms with Crippen LogP contribution < -0.4 is 5.32 Å². The van der Waals surface area contributed by atoms with Gasteiger partial charge in [-0.05, 0) is 38.5 Å². The molecule has 4 heteroatoms. The van der Waals surface area contributed by atoms with Crippen molar-refractivity contribution in [3.63, 3.8) is 0 Å². The molecule has 3 nitrogen and oxygen atoms in total. The van der Waals surface area contributed by atoms with Gasteiger partial charge in [-0.15, -0.1) is 0 Å². The number of rotatable bonds is 4. The fraction of sp³-hybridized carbons (Fsp3) is 0.462. The lowest BCUT2D eigenvalue weighted by Crippen LogP contribution is -2.31. The first kappa shape index (κ1) is 12.3. The third-order valence-corrected chi connectivity index (χ3v) is 3.74. The standard InChI is InChI=1S/C13H18N2OS/c1-9-5-6-10-11(7-9)17-12(15-10)14-8-13(2,3)16-4/h5-7H,8H2,1-4H3,(H,14,15). The van der Waals surface area contributed by atoms with E-state index in [1.54, 1.807) is 18.4 Å². The van der Waals surface area contributed by atoms with Crippen molar-refractivity contribution in [2.24, 2.45) is 0 Å². The molecule has 0 fully saturated rings. The second-order valence-electron chi connectivity index (χ2n) is 4.81. The Balaban J connectivity index is 2.15. The summed E-state index contributed by atoms with van der Waals surface area (Å²) in [6.45, 7) is 6.96. The summed E-state index contributed by atoms with van der Waals surface area (Å²) in [5, 5.41) is 4.28. The monoisotopic (exact) mass is 250 g/mol. The predicted molar refractivity (Wildman–Crippen MR) is 73.9 cm³/mol. The average Bonchev–Trinajstić information content (AvgIpc) is 2.68. The van der Waals surface area contributed by atoms with E-state index in [2.05, 4.69) is 49.3 Å². The number of nitrogens with zero attached hydrogens (tertiary/aromatic N) is 1. The smallest absolute Gasteiger partial charge is 0.183 e. The van der Waals surface area contributed by atoms with Gasteiger partial charge in [0.1, 0.15) is 0 Å². The van der Waals surface area contributed by atoms with Gasteiger partial charge >= 0.3 is 0 Å². The van der Waals surface area contributed by atoms with E-state index in [1.165, 1.54) is 10.3 Å². The molecule has 17 heavy (non-hydrogen) atoms. The molecule has 0 aliphatic rings. The molecule has 1 heterocycles. The molecule has 0 unspecified atom stereocenters. The molecule has 0 saturated carbocycles. The molecule has 0 saturated heterocycles. The van der Waals surface area contributed by atoms with Crippen molar-refractivity contribution in [3.05, 3.63) is 23.8 Å². The summed E-state index contributed by atoms with van der Waals surface area (Å²) in [5.74, 6) is 0. The fourth-order valence-corrected chi connectivity index (χ4v) is 2.43. The summed E-state index contributed by atoms with van der Waals surface area (Å²) in [6, 6.07) is 6.32. The summed E-state index contributed by atoms with van der Waals surface area (Å²) in [5.41, 5.74) is 2.15. The van der Waals surface area contributed by atoms with Crippen molar-refractivity contribution in [2.45, 2.75) is 26.4 Å². The van der Waals surface area contributed by atoms with Crippen molar-refractivity contribution in [1.82, 2.24) is 4.98 Å². The maximum atomic E-state index is 5.37. The summed E-state index contributed by atoms with van der Waals surface area (Å²) in [6.07, 6.45) is 0. The molecule has 92 valence electrons. The van der Waals surface area contributed by atoms with Crippen molar-refractivity contribution in [3.8, 4) is 0 Å². The Hall–Kier alpha value is -1.13. The van der Waals surface area contributed by atoms with E-state index in [0.717, 1.165) is 17.2 Å². The van der Waals surface area contributed by atoms with E-state index in [4.69, 9.17) is 4.74 Å². The Morgan fingerprint density at radius 2 is 2.18 bits per heavy atom. The molecule has 1 aromatic carbocycles. The van der Waals surface area contributed by atoms with Gasteiger partial charge in [0.05, 0.1) is 15.8 Å². The fourth-order valence-electron chi connectivity index (χ4n) is 1.47. The highest BCUT2D eigenvalue weighted by molar-refractivity contribution is 7.22. The molecule has 0 amide bonds. The summed E-state index contributed by atoms with van der Waals surface area (Å²) >= 11 is 1.68. The molecule has 0 bridgehead atoms. The highest BCUT2D eigenvalue weighted by Crippen LogP contribution is 2.27. The maximum Gasteiger partial charge on any atom is 0.183 e. The van der Waals surface area contributed by atoms with Crippen LogP contribution in [-0.4, -0.2) is 24.2 Å². The van der Waals surface area contributed by atoms with Gasteiger partial charge in [0, 0.05) is 13.7 Å². The van der Waals surface area contributed by atoms with Gasteiger partial charge < -0.3 is 10.1 Å². The molecular formula is C13H18N2OS. The van der Waals surface area contributed by atoms with Gasteiger partial charge in [-0.3, -0.25) is 0 Å². The molecule has 2 rings (SSSR count). The largest absolute Gasteiger partial charge is 0.377 e. The SMILES string of the molecule is COC(C)(C)CNc1nc2ccc(C)cc2s1. The third-order valence-electron chi connectivity index (χ3n) is 2.76. The minimum absolute atomic E-state index is 0.173. The van der Waals surface area contributed by atoms with Crippen LogP contribution in [0.4, 0.5) is 5.13 Å². The normalized spacial score (nSPS) is 12.0. The molecule has 0 aliphatic carbocycles. The Bertz CT molecular complexity index is 519. The van der Waals surface area contributed by atoms with Crippen LogP contribution in [0.2, 0.25) is 0 Å². The molecule has 0 spiro atoms. The minimum atomic E-state index is -0.173. The highest BCUT2D eigenvalue weighted by atomic mass is 32.1. The number of aryl methyl sites for hydroxylation is 1. The van der Waals surface area contributed by atoms with Gasteiger partial charge in [0.2, 0.25) is 0 Å². The lowest BCUT2D eigenvalue weighted by atomic mass is 10.1. The van der Waals surface area contributed by atoms with E-state index in [0.29, 0.717) is 0 Å². The first-order valence-corrected chi connectivity index (χ1v) is 6.48. The topological polar surface area (TPSA) is 34.1 Å². The molecular weight excluding hydrogens is 232 g/mol. The van der Waals surface area contributed by atoms with Crippen LogP contribution in [0.25, 0.3) is 10.2 Å². The Morgan fingerprint density at radius 1 is 1.41 bits per heavy atom. The Labute approximate surface area is 106 Å². The van der Waals surface area contributed by atoms with Crippen LogP contribution in [0.1, 0.15) is 19.4 Å². The quantitative estimate of drug-likeness (QED) is 0.902. The molecule has 0 atom stereocenters. The van der Waals surface area contributed by atoms with Gasteiger partial charge in [0.25, 0.3) is 0 Å². The number of thiazole rings is 1. The predicted octanol–water partition coefficient (Wildman–Crippen LogP) is 3.44. The first-order chi connectivity index (χ1) is 8.00. The van der Waals surface area contributed by atoms with Crippen LogP contribution in [0.3, 0.4) is 0 Å². The second-order valence-corrected chi connectivity index (χ2v) is 5.84. The second kappa shape index (κ2) is 4.63. The van der Waals surface area contributed by atoms with E-state index >= 15 is 0 Å². The Morgan fingerprint density at radius 3 is 2.88 bits per heavy atom. The van der Waals surface area contributed by atoms with E-state index < -0.39 is 0 Å². The van der Waals surface area contributed by atoms with Crippen LogP contribution >= 0.6 is 11.3 Å². The number of hydrogen-bond donors (Lipinski definition) is 1. The minimum Gasteiger partial charge on any atom is -0.377 e. The molecule has 1 N–H and O–H groups in total. The van der Waals surface area contributed by atoms with Crippen molar-refractivity contribution in [1.29, 1.82) is 0 Å². The third kappa shape index (κ3) is 2.96. The lowest BCUT2D eigenvalue weighted by Gasteiger charge is -2.22. The van der Waals surface area contributed by atoms with Gasteiger partial charge in [-0.2, -0.15) is 0 Å². The number of fused-ring (bicyclic) bond motifs is 1. The molecule has 1 aromatic heterocycles. The molecule has 0 radical (unpaired) electrons. The number of nitrogens with one attached hydrogen (secondary N) is 1.